The van der Waals surface area contributed by atoms with Crippen molar-refractivity contribution in [1.82, 2.24) is 29.8 Å². The summed E-state index contributed by atoms with van der Waals surface area (Å²) in [6.45, 7) is 9.21. The van der Waals surface area contributed by atoms with E-state index in [1.54, 1.807) is 12.1 Å². The number of likely N-dealkylation sites (tertiary alicyclic amines) is 3. The molecule has 6 rings (SSSR count). The Kier molecular flexibility index (Phi) is 9.47. The van der Waals surface area contributed by atoms with E-state index in [9.17, 15) is 18.0 Å². The number of hydrogen-bond acceptors (Lipinski definition) is 6. The van der Waals surface area contributed by atoms with Gasteiger partial charge in [-0.2, -0.15) is 18.3 Å². The molecule has 0 aliphatic carbocycles. The number of halogens is 3. The van der Waals surface area contributed by atoms with Gasteiger partial charge in [-0.3, -0.25) is 9.48 Å². The van der Waals surface area contributed by atoms with Gasteiger partial charge in [0.15, 0.2) is 0 Å². The molecule has 4 aliphatic rings. The number of aromatic nitrogens is 2. The maximum absolute atomic E-state index is 13.9. The molecule has 7 nitrogen and oxygen atoms in total. The number of carbonyl (C=O) groups is 1. The summed E-state index contributed by atoms with van der Waals surface area (Å²) in [6.07, 6.45) is 3.61. The van der Waals surface area contributed by atoms with Crippen LogP contribution in [0.2, 0.25) is 0 Å². The summed E-state index contributed by atoms with van der Waals surface area (Å²) in [6, 6.07) is 4.96. The summed E-state index contributed by atoms with van der Waals surface area (Å²) in [5, 5.41) is 8.45. The number of fused-ring (bicyclic) bond motifs is 1. The molecule has 11 heteroatoms. The number of aryl methyl sites for hydroxylation is 1. The number of alkyl halides is 3. The second-order valence-electron chi connectivity index (χ2n) is 12.1. The first-order chi connectivity index (χ1) is 20.4. The average molecular weight is 605 g/mol. The highest BCUT2D eigenvalue weighted by Gasteiger charge is 2.34. The van der Waals surface area contributed by atoms with Gasteiger partial charge in [0, 0.05) is 92.2 Å². The first-order valence-corrected chi connectivity index (χ1v) is 16.7. The largest absolute Gasteiger partial charge is 0.417 e. The Hall–Kier alpha value is -2.08. The molecule has 3 fully saturated rings. The second-order valence-corrected chi connectivity index (χ2v) is 13.3. The van der Waals surface area contributed by atoms with Crippen LogP contribution in [0.3, 0.4) is 0 Å². The van der Waals surface area contributed by atoms with E-state index < -0.39 is 11.7 Å². The van der Waals surface area contributed by atoms with Gasteiger partial charge in [-0.15, -0.1) is 11.8 Å². The third-order valence-corrected chi connectivity index (χ3v) is 10.4. The summed E-state index contributed by atoms with van der Waals surface area (Å²) in [5.74, 6) is 0.967. The van der Waals surface area contributed by atoms with Gasteiger partial charge in [-0.1, -0.05) is 6.07 Å². The predicted octanol–water partition coefficient (Wildman–Crippen LogP) is 4.88. The normalized spacial score (nSPS) is 21.0. The zero-order valence-electron chi connectivity index (χ0n) is 24.4. The number of nitrogens with one attached hydrogen (secondary N) is 1. The second kappa shape index (κ2) is 13.3. The molecular weight excluding hydrogens is 561 g/mol. The lowest BCUT2D eigenvalue weighted by Crippen LogP contribution is -2.45. The van der Waals surface area contributed by atoms with E-state index >= 15 is 0 Å². The summed E-state index contributed by atoms with van der Waals surface area (Å²) >= 11 is 1.31. The van der Waals surface area contributed by atoms with Crippen molar-refractivity contribution in [2.24, 2.45) is 0 Å². The van der Waals surface area contributed by atoms with Crippen molar-refractivity contribution < 1.29 is 18.0 Å². The maximum Gasteiger partial charge on any atom is 0.417 e. The zero-order valence-corrected chi connectivity index (χ0v) is 25.2. The Bertz CT molecular complexity index is 1240. The molecule has 0 spiro atoms. The van der Waals surface area contributed by atoms with Crippen LogP contribution in [-0.2, 0) is 30.5 Å². The van der Waals surface area contributed by atoms with Gasteiger partial charge in [0.25, 0.3) is 0 Å². The van der Waals surface area contributed by atoms with E-state index in [4.69, 9.17) is 5.10 Å². The molecule has 1 aromatic heterocycles. The van der Waals surface area contributed by atoms with Crippen LogP contribution in [0.5, 0.6) is 0 Å². The lowest BCUT2D eigenvalue weighted by molar-refractivity contribution is -0.139. The van der Waals surface area contributed by atoms with E-state index in [-0.39, 0.29) is 0 Å². The molecule has 1 amide bonds. The van der Waals surface area contributed by atoms with Crippen LogP contribution >= 0.6 is 11.8 Å². The van der Waals surface area contributed by atoms with Gasteiger partial charge in [0.05, 0.1) is 11.3 Å². The molecule has 0 atom stereocenters. The van der Waals surface area contributed by atoms with Crippen molar-refractivity contribution in [3.63, 3.8) is 0 Å². The Labute approximate surface area is 251 Å². The summed E-state index contributed by atoms with van der Waals surface area (Å²) < 4.78 is 43.9. The van der Waals surface area contributed by atoms with Gasteiger partial charge in [0.1, 0.15) is 0 Å². The summed E-state index contributed by atoms with van der Waals surface area (Å²) in [4.78, 5) is 19.4. The number of piperidine rings is 1. The molecule has 5 heterocycles. The van der Waals surface area contributed by atoms with Crippen LogP contribution in [0.4, 0.5) is 13.2 Å². The molecule has 2 aromatic rings. The van der Waals surface area contributed by atoms with Crippen LogP contribution in [0, 0.1) is 0 Å². The highest BCUT2D eigenvalue weighted by molar-refractivity contribution is 7.99. The molecule has 0 radical (unpaired) electrons. The molecule has 230 valence electrons. The first-order valence-electron chi connectivity index (χ1n) is 15.7. The predicted molar refractivity (Wildman–Crippen MR) is 159 cm³/mol. The summed E-state index contributed by atoms with van der Waals surface area (Å²) in [5.41, 5.74) is 3.34. The lowest BCUT2D eigenvalue weighted by atomic mass is 10.0. The molecule has 0 bridgehead atoms. The minimum atomic E-state index is -4.38. The van der Waals surface area contributed by atoms with Crippen LogP contribution in [0.1, 0.15) is 61.8 Å². The third-order valence-electron chi connectivity index (χ3n) is 9.38. The fourth-order valence-electron chi connectivity index (χ4n) is 7.10. The van der Waals surface area contributed by atoms with Crippen molar-refractivity contribution in [3.05, 3.63) is 35.0 Å². The molecule has 0 unspecified atom stereocenters. The Morgan fingerprint density at radius 1 is 0.952 bits per heavy atom. The number of benzene rings is 1. The Balaban J connectivity index is 1.12. The van der Waals surface area contributed by atoms with Crippen LogP contribution in [-0.4, -0.2) is 94.5 Å². The third kappa shape index (κ3) is 6.84. The van der Waals surface area contributed by atoms with Gasteiger partial charge in [-0.25, -0.2) is 0 Å². The molecular formula is C31H43F3N6OS. The van der Waals surface area contributed by atoms with E-state index in [0.29, 0.717) is 35.6 Å². The number of carbonyl (C=O) groups excluding carboxylic acids is 1. The molecule has 0 saturated carbocycles. The smallest absolute Gasteiger partial charge is 0.340 e. The van der Waals surface area contributed by atoms with Crippen LogP contribution < -0.4 is 5.32 Å². The SMILES string of the molecule is O=C1CCCN1C1CCN(CCCn2nc(-c3ccc(C(F)(F)F)c(SCCN4CCCC4)c3)c3c2CCNC3)CC1. The lowest BCUT2D eigenvalue weighted by Gasteiger charge is -2.36. The number of nitrogens with zero attached hydrogens (tertiary/aromatic N) is 5. The number of rotatable bonds is 10. The zero-order chi connectivity index (χ0) is 29.1. The molecule has 4 aliphatic heterocycles. The Morgan fingerprint density at radius 3 is 2.48 bits per heavy atom. The van der Waals surface area contributed by atoms with E-state index in [1.165, 1.54) is 36.4 Å². The van der Waals surface area contributed by atoms with Crippen LogP contribution in [0.25, 0.3) is 11.3 Å². The highest BCUT2D eigenvalue weighted by Crippen LogP contribution is 2.40. The first kappa shape index (κ1) is 30.0. The van der Waals surface area contributed by atoms with Gasteiger partial charge < -0.3 is 20.0 Å². The Morgan fingerprint density at radius 2 is 1.74 bits per heavy atom. The van der Waals surface area contributed by atoms with Crippen molar-refractivity contribution in [1.29, 1.82) is 0 Å². The highest BCUT2D eigenvalue weighted by atomic mass is 32.2. The molecule has 1 aromatic carbocycles. The molecule has 1 N–H and O–H groups in total. The van der Waals surface area contributed by atoms with E-state index in [0.717, 1.165) is 108 Å². The maximum atomic E-state index is 13.9. The topological polar surface area (TPSA) is 56.6 Å². The minimum absolute atomic E-state index is 0.297. The van der Waals surface area contributed by atoms with E-state index in [2.05, 4.69) is 24.7 Å². The van der Waals surface area contributed by atoms with Crippen molar-refractivity contribution in [2.75, 3.05) is 58.1 Å². The number of amides is 1. The number of hydrogen-bond donors (Lipinski definition) is 1. The van der Waals surface area contributed by atoms with Crippen molar-refractivity contribution in [3.8, 4) is 11.3 Å². The average Bonchev–Trinajstić information content (AvgIpc) is 3.74. The van der Waals surface area contributed by atoms with Gasteiger partial charge in [-0.05, 0) is 70.3 Å². The van der Waals surface area contributed by atoms with Gasteiger partial charge >= 0.3 is 6.18 Å². The summed E-state index contributed by atoms with van der Waals surface area (Å²) in [7, 11) is 0. The minimum Gasteiger partial charge on any atom is -0.340 e. The fraction of sp³-hybridized carbons (Fsp3) is 0.677. The van der Waals surface area contributed by atoms with Gasteiger partial charge in [0.2, 0.25) is 5.91 Å². The van der Waals surface area contributed by atoms with Crippen molar-refractivity contribution >= 4 is 17.7 Å². The molecule has 3 saturated heterocycles. The standard InChI is InChI=1S/C31H43F3N6OS/c32-31(33,34)26-7-6-23(21-28(26)42-20-19-37-12-1-2-13-37)30-25-22-35-11-8-27(25)40(36-30)16-4-14-38-17-9-24(10-18-38)39-15-3-5-29(39)41/h6-7,21,24,35H,1-5,8-20,22H2. The monoisotopic (exact) mass is 604 g/mol. The fourth-order valence-corrected chi connectivity index (χ4v) is 8.22. The molecule has 42 heavy (non-hydrogen) atoms. The van der Waals surface area contributed by atoms with E-state index in [1.807, 2.05) is 0 Å². The van der Waals surface area contributed by atoms with Crippen molar-refractivity contribution in [2.45, 2.75) is 81.6 Å². The van der Waals surface area contributed by atoms with Crippen LogP contribution in [0.15, 0.2) is 23.1 Å². The quantitative estimate of drug-likeness (QED) is 0.391. The number of thioether (sulfide) groups is 1.